The first-order chi connectivity index (χ1) is 20.4. The van der Waals surface area contributed by atoms with Gasteiger partial charge in [-0.25, -0.2) is 9.78 Å². The molecule has 1 atom stereocenters. The zero-order valence-electron chi connectivity index (χ0n) is 23.4. The highest BCUT2D eigenvalue weighted by molar-refractivity contribution is 5.99. The van der Waals surface area contributed by atoms with Gasteiger partial charge in [-0.05, 0) is 41.3 Å². The van der Waals surface area contributed by atoms with Crippen LogP contribution in [-0.2, 0) is 13.6 Å². The Hall–Kier alpha value is -4.74. The molecule has 2 amide bonds. The number of nitrogen functional groups attached to an aromatic ring is 1. The number of ether oxygens (including phenoxy) is 1. The molecule has 2 saturated heterocycles. The van der Waals surface area contributed by atoms with Crippen LogP contribution >= 0.6 is 0 Å². The molecule has 2 aromatic carbocycles. The second-order valence-corrected chi connectivity index (χ2v) is 10.8. The van der Waals surface area contributed by atoms with Crippen LogP contribution in [0.4, 0.5) is 10.6 Å². The lowest BCUT2D eigenvalue weighted by molar-refractivity contribution is 0.0937. The van der Waals surface area contributed by atoms with Crippen LogP contribution in [0, 0.1) is 0 Å². The van der Waals surface area contributed by atoms with E-state index in [0.29, 0.717) is 31.3 Å². The molecule has 11 heteroatoms. The smallest absolute Gasteiger partial charge is 0.410 e. The Labute approximate surface area is 244 Å². The van der Waals surface area contributed by atoms with Crippen molar-refractivity contribution in [3.63, 3.8) is 0 Å². The molecule has 0 saturated carbocycles. The number of nitrogens with two attached hydrogens (primary N) is 1. The van der Waals surface area contributed by atoms with Gasteiger partial charge in [0.05, 0.1) is 11.8 Å². The maximum Gasteiger partial charge on any atom is 0.415 e. The normalized spacial score (nSPS) is 16.7. The van der Waals surface area contributed by atoms with E-state index in [9.17, 15) is 9.59 Å². The summed E-state index contributed by atoms with van der Waals surface area (Å²) in [7, 11) is 1.82. The van der Waals surface area contributed by atoms with E-state index in [1.807, 2.05) is 31.4 Å². The predicted molar refractivity (Wildman–Crippen MR) is 160 cm³/mol. The van der Waals surface area contributed by atoms with Crippen LogP contribution in [0.5, 0.6) is 5.75 Å². The number of aromatic nitrogens is 3. The van der Waals surface area contributed by atoms with Crippen molar-refractivity contribution >= 4 is 17.8 Å². The lowest BCUT2D eigenvalue weighted by Crippen LogP contribution is -2.54. The van der Waals surface area contributed by atoms with E-state index in [1.54, 1.807) is 34.1 Å². The number of nitrogens with zero attached hydrogens (tertiary/aromatic N) is 4. The van der Waals surface area contributed by atoms with Gasteiger partial charge in [-0.1, -0.05) is 36.4 Å². The highest BCUT2D eigenvalue weighted by Crippen LogP contribution is 2.26. The zero-order chi connectivity index (χ0) is 29.1. The molecule has 11 nitrogen and oxygen atoms in total. The number of benzene rings is 2. The number of amides is 2. The van der Waals surface area contributed by atoms with Crippen molar-refractivity contribution in [2.45, 2.75) is 25.0 Å². The van der Waals surface area contributed by atoms with Crippen molar-refractivity contribution < 1.29 is 14.3 Å². The van der Waals surface area contributed by atoms with Crippen molar-refractivity contribution in [2.24, 2.45) is 7.05 Å². The fourth-order valence-electron chi connectivity index (χ4n) is 5.11. The number of nitrogens with one attached hydrogen (secondary N) is 3. The Morgan fingerprint density at radius 3 is 2.60 bits per heavy atom. The van der Waals surface area contributed by atoms with Gasteiger partial charge in [0, 0.05) is 75.4 Å². The first-order valence-corrected chi connectivity index (χ1v) is 14.1. The minimum Gasteiger partial charge on any atom is -0.410 e. The molecule has 5 N–H and O–H groups in total. The lowest BCUT2D eigenvalue weighted by Gasteiger charge is -2.28. The van der Waals surface area contributed by atoms with Crippen LogP contribution in [0.2, 0.25) is 0 Å². The first kappa shape index (κ1) is 27.4. The third-order valence-electron chi connectivity index (χ3n) is 7.69. The number of carbonyl (C=O) groups excluding carboxylic acids is 2. The molecule has 0 bridgehead atoms. The third-order valence-corrected chi connectivity index (χ3v) is 7.69. The molecule has 2 aromatic heterocycles. The monoisotopic (exact) mass is 566 g/mol. The molecule has 2 fully saturated rings. The Kier molecular flexibility index (Phi) is 7.85. The van der Waals surface area contributed by atoms with Gasteiger partial charge in [-0.3, -0.25) is 9.48 Å². The zero-order valence-corrected chi connectivity index (χ0v) is 23.4. The number of anilines is 1. The van der Waals surface area contributed by atoms with E-state index in [4.69, 9.17) is 10.5 Å². The molecule has 0 unspecified atom stereocenters. The highest BCUT2D eigenvalue weighted by atomic mass is 16.6. The summed E-state index contributed by atoms with van der Waals surface area (Å²) in [5.74, 6) is 0.284. The van der Waals surface area contributed by atoms with E-state index in [2.05, 4.69) is 50.3 Å². The minimum absolute atomic E-state index is 0.145. The average molecular weight is 567 g/mol. The molecule has 4 aromatic rings. The van der Waals surface area contributed by atoms with Crippen LogP contribution in [0.15, 0.2) is 73.2 Å². The molecule has 6 rings (SSSR count). The molecule has 2 aliphatic heterocycles. The van der Waals surface area contributed by atoms with Gasteiger partial charge in [-0.2, -0.15) is 5.10 Å². The van der Waals surface area contributed by atoms with Crippen LogP contribution < -0.4 is 26.4 Å². The molecule has 4 heterocycles. The van der Waals surface area contributed by atoms with Gasteiger partial charge in [0.2, 0.25) is 0 Å². The fourth-order valence-corrected chi connectivity index (χ4v) is 5.11. The van der Waals surface area contributed by atoms with Gasteiger partial charge >= 0.3 is 6.09 Å². The summed E-state index contributed by atoms with van der Waals surface area (Å²) in [4.78, 5) is 31.8. The summed E-state index contributed by atoms with van der Waals surface area (Å²) >= 11 is 0. The number of pyridine rings is 1. The summed E-state index contributed by atoms with van der Waals surface area (Å²) in [6.45, 7) is 3.69. The Morgan fingerprint density at radius 1 is 1.02 bits per heavy atom. The SMILES string of the molecule is Cn1cc(-c2cnc(N)c(C(=O)N[C@@H]3CCN(C(=O)Oc4cccc(-c5ccc(CNC6CNC6)cc5)c4)C3)c2)cn1. The molecule has 2 aliphatic rings. The number of hydrogen-bond donors (Lipinski definition) is 4. The van der Waals surface area contributed by atoms with Gasteiger partial charge in [0.1, 0.15) is 11.6 Å². The van der Waals surface area contributed by atoms with E-state index < -0.39 is 6.09 Å². The maximum atomic E-state index is 13.1. The average Bonchev–Trinajstić information content (AvgIpc) is 3.62. The van der Waals surface area contributed by atoms with Gasteiger partial charge < -0.3 is 31.3 Å². The summed E-state index contributed by atoms with van der Waals surface area (Å²) in [6.07, 6.45) is 5.32. The summed E-state index contributed by atoms with van der Waals surface area (Å²) in [5.41, 5.74) is 11.1. The number of hydrogen-bond acceptors (Lipinski definition) is 8. The second-order valence-electron chi connectivity index (χ2n) is 10.8. The molecule has 216 valence electrons. The molecule has 0 spiro atoms. The summed E-state index contributed by atoms with van der Waals surface area (Å²) in [6, 6.07) is 17.9. The second kappa shape index (κ2) is 12.0. The number of likely N-dealkylation sites (tertiary alicyclic amines) is 1. The predicted octanol–water partition coefficient (Wildman–Crippen LogP) is 2.80. The first-order valence-electron chi connectivity index (χ1n) is 14.1. The van der Waals surface area contributed by atoms with E-state index >= 15 is 0 Å². The van der Waals surface area contributed by atoms with Crippen molar-refractivity contribution in [1.29, 1.82) is 0 Å². The number of aryl methyl sites for hydroxylation is 1. The Balaban J connectivity index is 1.03. The van der Waals surface area contributed by atoms with Crippen LogP contribution in [0.1, 0.15) is 22.3 Å². The topological polar surface area (TPSA) is 139 Å². The molecular formula is C31H34N8O3. The highest BCUT2D eigenvalue weighted by Gasteiger charge is 2.29. The van der Waals surface area contributed by atoms with Crippen molar-refractivity contribution in [1.82, 2.24) is 35.6 Å². The third kappa shape index (κ3) is 6.27. The molecule has 42 heavy (non-hydrogen) atoms. The molecule has 0 aliphatic carbocycles. The lowest BCUT2D eigenvalue weighted by atomic mass is 10.0. The van der Waals surface area contributed by atoms with Crippen molar-refractivity contribution in [3.8, 4) is 28.0 Å². The van der Waals surface area contributed by atoms with Gasteiger partial charge in [0.15, 0.2) is 0 Å². The van der Waals surface area contributed by atoms with Crippen LogP contribution in [0.25, 0.3) is 22.3 Å². The Bertz CT molecular complexity index is 1580. The van der Waals surface area contributed by atoms with E-state index in [-0.39, 0.29) is 23.3 Å². The largest absolute Gasteiger partial charge is 0.415 e. The summed E-state index contributed by atoms with van der Waals surface area (Å²) in [5, 5.41) is 13.9. The van der Waals surface area contributed by atoms with Crippen LogP contribution in [0.3, 0.4) is 0 Å². The van der Waals surface area contributed by atoms with Crippen LogP contribution in [-0.4, -0.2) is 69.9 Å². The molecular weight excluding hydrogens is 532 g/mol. The van der Waals surface area contributed by atoms with Crippen molar-refractivity contribution in [2.75, 3.05) is 31.9 Å². The Morgan fingerprint density at radius 2 is 1.86 bits per heavy atom. The quantitative estimate of drug-likeness (QED) is 0.255. The number of carbonyl (C=O) groups is 2. The van der Waals surface area contributed by atoms with Gasteiger partial charge in [-0.15, -0.1) is 0 Å². The standard InChI is InChI=1S/C31H34N8O3/c1-38-18-24(15-36-38)23-12-28(29(32)35-14-23)30(40)37-25-9-10-39(19-25)31(41)42-27-4-2-3-22(11-27)21-7-5-20(6-8-21)13-34-26-16-33-17-26/h2-8,11-12,14-15,18,25-26,33-34H,9-10,13,16-17,19H2,1H3,(H2,32,35)(H,37,40)/t25-/m1/s1. The fraction of sp³-hybridized carbons (Fsp3) is 0.290. The minimum atomic E-state index is -0.449. The number of rotatable bonds is 8. The van der Waals surface area contributed by atoms with E-state index in [0.717, 1.165) is 41.9 Å². The van der Waals surface area contributed by atoms with Gasteiger partial charge in [0.25, 0.3) is 5.91 Å². The van der Waals surface area contributed by atoms with Crippen molar-refractivity contribution in [3.05, 3.63) is 84.3 Å². The maximum absolute atomic E-state index is 13.1. The molecule has 0 radical (unpaired) electrons. The summed E-state index contributed by atoms with van der Waals surface area (Å²) < 4.78 is 7.39. The van der Waals surface area contributed by atoms with E-state index in [1.165, 1.54) is 5.56 Å².